The van der Waals surface area contributed by atoms with E-state index in [4.69, 9.17) is 5.73 Å². The van der Waals surface area contributed by atoms with Gasteiger partial charge in [0, 0.05) is 29.6 Å². The van der Waals surface area contributed by atoms with Gasteiger partial charge in [0.1, 0.15) is 12.4 Å². The van der Waals surface area contributed by atoms with Crippen molar-refractivity contribution >= 4 is 23.5 Å². The van der Waals surface area contributed by atoms with E-state index in [0.29, 0.717) is 12.1 Å². The van der Waals surface area contributed by atoms with Gasteiger partial charge in [-0.25, -0.2) is 27.8 Å². The molecule has 0 fully saturated rings. The van der Waals surface area contributed by atoms with Gasteiger partial charge in [0.15, 0.2) is 11.6 Å². The number of hydrogen-bond donors (Lipinski definition) is 1. The molecule has 0 saturated heterocycles. The van der Waals surface area contributed by atoms with E-state index in [1.165, 1.54) is 18.2 Å². The molecule has 0 unspecified atom stereocenters. The minimum atomic E-state index is -4.71. The second kappa shape index (κ2) is 9.71. The zero-order valence-electron chi connectivity index (χ0n) is 17.2. The SMILES string of the molecule is N[C@@H](CC(=O)N1CC(=O)N(C(F)(F)C(=O)OF)c2ccccc2C1)Cc1cc(F)c(F)cc1F. The molecule has 2 aromatic rings. The van der Waals surface area contributed by atoms with Gasteiger partial charge in [0.05, 0.1) is 5.69 Å². The number of carbonyl (C=O) groups is 3. The zero-order valence-corrected chi connectivity index (χ0v) is 17.2. The summed E-state index contributed by atoms with van der Waals surface area (Å²) < 4.78 is 81.5. The zero-order chi connectivity index (χ0) is 25.2. The van der Waals surface area contributed by atoms with Gasteiger partial charge in [-0.2, -0.15) is 8.78 Å². The van der Waals surface area contributed by atoms with Gasteiger partial charge in [-0.15, -0.1) is 0 Å². The summed E-state index contributed by atoms with van der Waals surface area (Å²) >= 11 is 0. The Hall–Kier alpha value is -3.61. The Balaban J connectivity index is 1.81. The molecule has 2 N–H and O–H groups in total. The minimum absolute atomic E-state index is 0.0354. The third-order valence-electron chi connectivity index (χ3n) is 5.13. The number of hydrogen-bond acceptors (Lipinski definition) is 5. The standard InChI is InChI=1S/C21H17F6N3O4/c22-14-8-16(24)15(23)6-12(14)5-13(28)7-18(31)29-9-11-3-1-2-4-17(11)30(19(32)10-29)21(25,26)20(33)34-27/h1-4,6,8,13H,5,7,9-10,28H2/t13-/m1/s1. The first-order valence-corrected chi connectivity index (χ1v) is 9.74. The Bertz CT molecular complexity index is 1130. The second-order valence-corrected chi connectivity index (χ2v) is 7.54. The quantitative estimate of drug-likeness (QED) is 0.383. The lowest BCUT2D eigenvalue weighted by Gasteiger charge is -2.28. The molecule has 0 saturated carbocycles. The first-order chi connectivity index (χ1) is 15.9. The Labute approximate surface area is 188 Å². The Morgan fingerprint density at radius 2 is 1.71 bits per heavy atom. The van der Waals surface area contributed by atoms with E-state index < -0.39 is 66.0 Å². The number of halogens is 6. The van der Waals surface area contributed by atoms with Crippen LogP contribution in [0.3, 0.4) is 0 Å². The van der Waals surface area contributed by atoms with Crippen molar-refractivity contribution in [2.45, 2.75) is 31.5 Å². The summed E-state index contributed by atoms with van der Waals surface area (Å²) in [6.45, 7) is -1.26. The van der Waals surface area contributed by atoms with E-state index >= 15 is 0 Å². The molecule has 1 heterocycles. The third kappa shape index (κ3) is 4.98. The van der Waals surface area contributed by atoms with E-state index in [-0.39, 0.29) is 29.0 Å². The molecule has 182 valence electrons. The van der Waals surface area contributed by atoms with Crippen LogP contribution in [0.2, 0.25) is 0 Å². The van der Waals surface area contributed by atoms with Gasteiger partial charge in [-0.1, -0.05) is 18.2 Å². The molecule has 2 aromatic carbocycles. The number of para-hydroxylation sites is 1. The molecule has 1 aliphatic rings. The van der Waals surface area contributed by atoms with Gasteiger partial charge >= 0.3 is 12.0 Å². The number of rotatable bonds is 6. The molecule has 0 spiro atoms. The van der Waals surface area contributed by atoms with Gasteiger partial charge < -0.3 is 10.6 Å². The maximum atomic E-state index is 14.5. The number of anilines is 1. The van der Waals surface area contributed by atoms with Crippen molar-refractivity contribution in [3.63, 3.8) is 0 Å². The van der Waals surface area contributed by atoms with Crippen LogP contribution in [-0.2, 0) is 32.3 Å². The molecule has 34 heavy (non-hydrogen) atoms. The van der Waals surface area contributed by atoms with Crippen LogP contribution in [0.4, 0.5) is 32.2 Å². The fraction of sp³-hybridized carbons (Fsp3) is 0.286. The predicted molar refractivity (Wildman–Crippen MR) is 104 cm³/mol. The third-order valence-corrected chi connectivity index (χ3v) is 5.13. The maximum absolute atomic E-state index is 14.5. The largest absolute Gasteiger partial charge is 0.440 e. The van der Waals surface area contributed by atoms with Gasteiger partial charge in [0.2, 0.25) is 5.91 Å². The predicted octanol–water partition coefficient (Wildman–Crippen LogP) is 2.76. The molecule has 13 heteroatoms. The summed E-state index contributed by atoms with van der Waals surface area (Å²) in [6, 6.07) is 0.248. The van der Waals surface area contributed by atoms with Crippen LogP contribution in [0.5, 0.6) is 0 Å². The molecule has 2 amide bonds. The normalized spacial score (nSPS) is 15.0. The van der Waals surface area contributed by atoms with Crippen LogP contribution >= 0.6 is 0 Å². The topological polar surface area (TPSA) is 92.9 Å². The first-order valence-electron chi connectivity index (χ1n) is 9.74. The molecule has 0 aromatic heterocycles. The summed E-state index contributed by atoms with van der Waals surface area (Å²) in [4.78, 5) is 39.9. The van der Waals surface area contributed by atoms with E-state index in [1.807, 2.05) is 0 Å². The van der Waals surface area contributed by atoms with Crippen LogP contribution < -0.4 is 10.6 Å². The van der Waals surface area contributed by atoms with Gasteiger partial charge in [-0.05, 0) is 29.7 Å². The molecule has 7 nitrogen and oxygen atoms in total. The van der Waals surface area contributed by atoms with Gasteiger partial charge in [0.25, 0.3) is 5.91 Å². The van der Waals surface area contributed by atoms with Crippen molar-refractivity contribution in [2.75, 3.05) is 11.4 Å². The summed E-state index contributed by atoms with van der Waals surface area (Å²) in [5.41, 5.74) is 5.16. The van der Waals surface area contributed by atoms with Crippen LogP contribution in [0, 0.1) is 17.5 Å². The highest BCUT2D eigenvalue weighted by molar-refractivity contribution is 6.03. The van der Waals surface area contributed by atoms with E-state index in [9.17, 15) is 40.9 Å². The number of nitrogens with zero attached hydrogens (tertiary/aromatic N) is 2. The smallest absolute Gasteiger partial charge is 0.329 e. The van der Waals surface area contributed by atoms with Crippen LogP contribution in [0.15, 0.2) is 36.4 Å². The monoisotopic (exact) mass is 489 g/mol. The fourth-order valence-corrected chi connectivity index (χ4v) is 3.54. The fourth-order valence-electron chi connectivity index (χ4n) is 3.54. The summed E-state index contributed by atoms with van der Waals surface area (Å²) in [6.07, 6.45) is -0.865. The number of benzene rings is 2. The number of fused-ring (bicyclic) bond motifs is 1. The molecular weight excluding hydrogens is 472 g/mol. The highest BCUT2D eigenvalue weighted by Gasteiger charge is 2.53. The lowest BCUT2D eigenvalue weighted by Crippen LogP contribution is -2.53. The van der Waals surface area contributed by atoms with Crippen LogP contribution in [0.1, 0.15) is 17.5 Å². The van der Waals surface area contributed by atoms with Crippen molar-refractivity contribution in [2.24, 2.45) is 5.73 Å². The van der Waals surface area contributed by atoms with Crippen molar-refractivity contribution in [1.82, 2.24) is 4.90 Å². The molecule has 0 bridgehead atoms. The molecule has 3 rings (SSSR count). The summed E-state index contributed by atoms with van der Waals surface area (Å²) in [5, 5.41) is 0. The van der Waals surface area contributed by atoms with Crippen molar-refractivity contribution in [3.8, 4) is 0 Å². The Morgan fingerprint density at radius 3 is 2.38 bits per heavy atom. The average molecular weight is 489 g/mol. The number of nitrogens with two attached hydrogens (primary N) is 1. The summed E-state index contributed by atoms with van der Waals surface area (Å²) in [5.74, 6) is -8.60. The second-order valence-electron chi connectivity index (χ2n) is 7.54. The average Bonchev–Trinajstić information content (AvgIpc) is 2.92. The molecule has 0 radical (unpaired) electrons. The van der Waals surface area contributed by atoms with E-state index in [1.54, 1.807) is 0 Å². The molecule has 1 aliphatic heterocycles. The minimum Gasteiger partial charge on any atom is -0.329 e. The summed E-state index contributed by atoms with van der Waals surface area (Å²) in [7, 11) is 0. The van der Waals surface area contributed by atoms with E-state index in [2.05, 4.69) is 4.94 Å². The van der Waals surface area contributed by atoms with Crippen LogP contribution in [-0.4, -0.2) is 41.3 Å². The number of carbonyl (C=O) groups excluding carboxylic acids is 3. The highest BCUT2D eigenvalue weighted by Crippen LogP contribution is 2.34. The number of alkyl halides is 2. The van der Waals surface area contributed by atoms with Crippen molar-refractivity contribution in [1.29, 1.82) is 0 Å². The Morgan fingerprint density at radius 1 is 1.06 bits per heavy atom. The highest BCUT2D eigenvalue weighted by atomic mass is 19.3. The Kier molecular flexibility index (Phi) is 7.15. The maximum Gasteiger partial charge on any atom is 0.440 e. The van der Waals surface area contributed by atoms with Crippen molar-refractivity contribution < 1.29 is 45.8 Å². The van der Waals surface area contributed by atoms with E-state index in [0.717, 1.165) is 11.0 Å². The number of amides is 2. The lowest BCUT2D eigenvalue weighted by atomic mass is 10.0. The first kappa shape index (κ1) is 25.0. The van der Waals surface area contributed by atoms with Crippen molar-refractivity contribution in [3.05, 3.63) is 65.0 Å². The van der Waals surface area contributed by atoms with Gasteiger partial charge in [-0.3, -0.25) is 9.59 Å². The molecular formula is C21H17F6N3O4. The molecule has 1 atom stereocenters. The molecule has 0 aliphatic carbocycles. The lowest BCUT2D eigenvalue weighted by molar-refractivity contribution is -0.211. The van der Waals surface area contributed by atoms with Crippen LogP contribution in [0.25, 0.3) is 0 Å².